The van der Waals surface area contributed by atoms with Crippen LogP contribution in [0.5, 0.6) is 0 Å². The van der Waals surface area contributed by atoms with Crippen LogP contribution in [0.2, 0.25) is 0 Å². The second kappa shape index (κ2) is 9.16. The predicted octanol–water partition coefficient (Wildman–Crippen LogP) is 5.80. The molecule has 0 spiro atoms. The van der Waals surface area contributed by atoms with Crippen molar-refractivity contribution in [2.45, 2.75) is 25.9 Å². The van der Waals surface area contributed by atoms with Gasteiger partial charge in [0.15, 0.2) is 5.16 Å². The van der Waals surface area contributed by atoms with E-state index in [4.69, 9.17) is 4.74 Å². The van der Waals surface area contributed by atoms with Crippen LogP contribution < -0.4 is 0 Å². The monoisotopic (exact) mass is 442 g/mol. The number of ether oxygens (including phenoxy) is 1. The van der Waals surface area contributed by atoms with Crippen molar-refractivity contribution in [2.75, 3.05) is 6.61 Å². The van der Waals surface area contributed by atoms with Crippen LogP contribution in [0.25, 0.3) is 22.8 Å². The molecule has 160 valence electrons. The molecule has 0 saturated heterocycles. The van der Waals surface area contributed by atoms with E-state index in [-0.39, 0.29) is 5.97 Å². The summed E-state index contributed by atoms with van der Waals surface area (Å²) in [5.41, 5.74) is 6.09. The van der Waals surface area contributed by atoms with Crippen molar-refractivity contribution in [3.8, 4) is 11.8 Å². The lowest BCUT2D eigenvalue weighted by Crippen LogP contribution is -2.06. The van der Waals surface area contributed by atoms with Gasteiger partial charge in [-0.15, -0.1) is 0 Å². The van der Waals surface area contributed by atoms with E-state index in [2.05, 4.69) is 20.6 Å². The fourth-order valence-electron chi connectivity index (χ4n) is 3.63. The van der Waals surface area contributed by atoms with Gasteiger partial charge in [-0.3, -0.25) is 0 Å². The lowest BCUT2D eigenvalue weighted by Gasteiger charge is -2.11. The average Bonchev–Trinajstić information content (AvgIpc) is 3.32. The number of allylic oxidation sites excluding steroid dienone is 1. The molecule has 32 heavy (non-hydrogen) atoms. The van der Waals surface area contributed by atoms with E-state index >= 15 is 0 Å². The molecule has 0 fully saturated rings. The highest BCUT2D eigenvalue weighted by molar-refractivity contribution is 8.03. The first-order valence-corrected chi connectivity index (χ1v) is 11.0. The third-order valence-electron chi connectivity index (χ3n) is 5.06. The molecule has 0 aliphatic carbocycles. The number of esters is 1. The number of hydrogen-bond acceptors (Lipinski definition) is 5. The first-order chi connectivity index (χ1) is 15.5. The first-order valence-electron chi connectivity index (χ1n) is 10.2. The number of imidazole rings is 1. The summed E-state index contributed by atoms with van der Waals surface area (Å²) in [7, 11) is 0. The van der Waals surface area contributed by atoms with Gasteiger partial charge >= 0.3 is 5.97 Å². The van der Waals surface area contributed by atoms with Crippen molar-refractivity contribution in [1.82, 2.24) is 14.5 Å². The summed E-state index contributed by atoms with van der Waals surface area (Å²) in [5.74, 6) is -0.342. The van der Waals surface area contributed by atoms with E-state index in [1.54, 1.807) is 13.0 Å². The van der Waals surface area contributed by atoms with Crippen LogP contribution in [-0.2, 0) is 4.74 Å². The molecule has 0 amide bonds. The quantitative estimate of drug-likeness (QED) is 0.232. The third kappa shape index (κ3) is 4.32. The molecule has 0 radical (unpaired) electrons. The minimum atomic E-state index is -0.342. The number of para-hydroxylation sites is 2. The Morgan fingerprint density at radius 1 is 1.22 bits per heavy atom. The highest BCUT2D eigenvalue weighted by atomic mass is 32.2. The number of aromatic amines is 1. The van der Waals surface area contributed by atoms with E-state index in [1.165, 1.54) is 11.8 Å². The zero-order chi connectivity index (χ0) is 22.7. The number of fused-ring (bicyclic) bond motifs is 1. The minimum absolute atomic E-state index is 0.333. The Morgan fingerprint density at radius 3 is 2.78 bits per heavy atom. The summed E-state index contributed by atoms with van der Waals surface area (Å²) in [6.45, 7) is 6.12. The highest BCUT2D eigenvalue weighted by Gasteiger charge is 2.14. The Kier molecular flexibility index (Phi) is 6.15. The zero-order valence-corrected chi connectivity index (χ0v) is 18.9. The van der Waals surface area contributed by atoms with Crippen molar-refractivity contribution >= 4 is 34.8 Å². The number of aromatic nitrogens is 3. The van der Waals surface area contributed by atoms with Gasteiger partial charge in [0.05, 0.1) is 28.1 Å². The third-order valence-corrected chi connectivity index (χ3v) is 5.87. The molecule has 1 N–H and O–H groups in total. The molecular weight excluding hydrogens is 420 g/mol. The maximum Gasteiger partial charge on any atom is 0.338 e. The maximum atomic E-state index is 12.1. The summed E-state index contributed by atoms with van der Waals surface area (Å²) >= 11 is 1.30. The van der Waals surface area contributed by atoms with Gasteiger partial charge in [0.2, 0.25) is 0 Å². The summed E-state index contributed by atoms with van der Waals surface area (Å²) in [4.78, 5) is 20.5. The maximum absolute atomic E-state index is 12.1. The Bertz CT molecular complexity index is 1340. The van der Waals surface area contributed by atoms with Crippen LogP contribution in [0.4, 0.5) is 0 Å². The summed E-state index contributed by atoms with van der Waals surface area (Å²) < 4.78 is 7.19. The van der Waals surface area contributed by atoms with Crippen molar-refractivity contribution in [2.24, 2.45) is 0 Å². The van der Waals surface area contributed by atoms with Gasteiger partial charge in [-0.1, -0.05) is 18.2 Å². The topological polar surface area (TPSA) is 83.7 Å². The van der Waals surface area contributed by atoms with Gasteiger partial charge in [-0.05, 0) is 80.6 Å². The summed E-state index contributed by atoms with van der Waals surface area (Å²) in [6.07, 6.45) is 1.87. The average molecular weight is 443 g/mol. The van der Waals surface area contributed by atoms with E-state index in [0.717, 1.165) is 33.7 Å². The molecule has 2 aromatic heterocycles. The number of carbonyl (C=O) groups is 1. The Morgan fingerprint density at radius 2 is 2.03 bits per heavy atom. The molecule has 0 aliphatic heterocycles. The normalized spacial score (nSPS) is 11.5. The number of thioether (sulfide) groups is 1. The molecular formula is C25H22N4O2S. The number of H-pyrrole nitrogens is 1. The first kappa shape index (κ1) is 21.5. The Labute approximate surface area is 190 Å². The minimum Gasteiger partial charge on any atom is -0.462 e. The number of aryl methyl sites for hydroxylation is 1. The number of hydrogen-bond donors (Lipinski definition) is 1. The van der Waals surface area contributed by atoms with Gasteiger partial charge in [-0.2, -0.15) is 5.26 Å². The number of nitriles is 1. The van der Waals surface area contributed by atoms with Crippen LogP contribution in [0.1, 0.15) is 34.2 Å². The second-order valence-electron chi connectivity index (χ2n) is 7.21. The van der Waals surface area contributed by atoms with Crippen LogP contribution in [0.3, 0.4) is 0 Å². The molecule has 4 rings (SSSR count). The molecule has 6 nitrogen and oxygen atoms in total. The fraction of sp³-hybridized carbons (Fsp3) is 0.160. The van der Waals surface area contributed by atoms with E-state index in [1.807, 2.05) is 68.5 Å². The zero-order valence-electron chi connectivity index (χ0n) is 18.0. The lowest BCUT2D eigenvalue weighted by atomic mass is 10.2. The second-order valence-corrected chi connectivity index (χ2v) is 8.24. The molecule has 4 aromatic rings. The van der Waals surface area contributed by atoms with Gasteiger partial charge < -0.3 is 14.3 Å². The van der Waals surface area contributed by atoms with Gasteiger partial charge in [0.25, 0.3) is 0 Å². The van der Waals surface area contributed by atoms with Crippen LogP contribution >= 0.6 is 11.8 Å². The molecule has 2 heterocycles. The predicted molar refractivity (Wildman–Crippen MR) is 127 cm³/mol. The molecule has 0 bridgehead atoms. The molecule has 7 heteroatoms. The smallest absolute Gasteiger partial charge is 0.338 e. The number of carbonyl (C=O) groups excluding carboxylic acids is 1. The summed E-state index contributed by atoms with van der Waals surface area (Å²) in [5, 5.41) is 10.4. The van der Waals surface area contributed by atoms with E-state index in [9.17, 15) is 10.1 Å². The van der Waals surface area contributed by atoms with Crippen LogP contribution in [0, 0.1) is 25.2 Å². The lowest BCUT2D eigenvalue weighted by molar-refractivity contribution is 0.0526. The van der Waals surface area contributed by atoms with Crippen LogP contribution in [0.15, 0.2) is 64.7 Å². The van der Waals surface area contributed by atoms with Gasteiger partial charge in [0.1, 0.15) is 6.07 Å². The molecule has 0 atom stereocenters. The Balaban J connectivity index is 1.66. The largest absolute Gasteiger partial charge is 0.462 e. The van der Waals surface area contributed by atoms with Crippen molar-refractivity contribution in [3.05, 3.63) is 82.0 Å². The molecule has 0 unspecified atom stereocenters. The summed E-state index contributed by atoms with van der Waals surface area (Å²) in [6, 6.07) is 19.4. The molecule has 0 aliphatic rings. The fourth-order valence-corrected chi connectivity index (χ4v) is 4.37. The van der Waals surface area contributed by atoms with Crippen LogP contribution in [-0.4, -0.2) is 27.1 Å². The highest BCUT2D eigenvalue weighted by Crippen LogP contribution is 2.30. The van der Waals surface area contributed by atoms with E-state index < -0.39 is 0 Å². The molecule has 0 saturated carbocycles. The SMILES string of the molecule is CCOC(=O)c1cccc(-n2c(C)cc(/C=C(\C#N)Sc3nc4ccccc4[nH]3)c2C)c1. The molecule has 2 aromatic carbocycles. The van der Waals surface area contributed by atoms with E-state index in [0.29, 0.717) is 22.2 Å². The van der Waals surface area contributed by atoms with Crippen molar-refractivity contribution in [3.63, 3.8) is 0 Å². The Hall–Kier alpha value is -3.76. The number of nitrogens with zero attached hydrogens (tertiary/aromatic N) is 3. The number of rotatable bonds is 6. The number of nitrogens with one attached hydrogen (secondary N) is 1. The van der Waals surface area contributed by atoms with Crippen molar-refractivity contribution < 1.29 is 9.53 Å². The van der Waals surface area contributed by atoms with Crippen molar-refractivity contribution in [1.29, 1.82) is 5.26 Å². The van der Waals surface area contributed by atoms with Gasteiger partial charge in [0, 0.05) is 17.1 Å². The standard InChI is InChI=1S/C25H22N4O2S/c1-4-31-24(30)18-8-7-9-20(13-18)29-16(2)12-19(17(29)3)14-21(15-26)32-25-27-22-10-5-6-11-23(22)28-25/h5-14H,4H2,1-3H3,(H,27,28)/b21-14+. The van der Waals surface area contributed by atoms with Gasteiger partial charge in [-0.25, -0.2) is 9.78 Å². The number of benzene rings is 2.